The lowest BCUT2D eigenvalue weighted by Gasteiger charge is -2.16. The molecule has 0 fully saturated rings. The number of halogens is 3. The molecule has 2 heterocycles. The standard InChI is InChI=1S/C27H22ClF2N5O3/c1-36-18-6-4-17(25(11-18)37-2)14-31-23-15-32-34-22-10-16(5-7-19(22)23)20-12-21(28)26(38-27(29)30)13-24(20)35-9-3-8-33-35/h3-13,15,27H,14H2,1-2H3,(H,31,34). The fraction of sp³-hybridized carbons (Fsp3) is 0.148. The Balaban J connectivity index is 1.50. The van der Waals surface area contributed by atoms with E-state index in [0.717, 1.165) is 22.2 Å². The number of nitrogens with zero attached hydrogens (tertiary/aromatic N) is 4. The summed E-state index contributed by atoms with van der Waals surface area (Å²) in [5.41, 5.74) is 4.28. The van der Waals surface area contributed by atoms with Crippen LogP contribution in [-0.4, -0.2) is 40.8 Å². The third-order valence-corrected chi connectivity index (χ3v) is 6.23. The van der Waals surface area contributed by atoms with Gasteiger partial charge in [-0.25, -0.2) is 4.68 Å². The van der Waals surface area contributed by atoms with Crippen molar-refractivity contribution in [2.24, 2.45) is 0 Å². The average Bonchev–Trinajstić information content (AvgIpc) is 3.47. The second-order valence-electron chi connectivity index (χ2n) is 8.15. The zero-order valence-corrected chi connectivity index (χ0v) is 21.1. The lowest BCUT2D eigenvalue weighted by atomic mass is 10.0. The van der Waals surface area contributed by atoms with E-state index >= 15 is 0 Å². The largest absolute Gasteiger partial charge is 0.497 e. The number of fused-ring (bicyclic) bond motifs is 1. The summed E-state index contributed by atoms with van der Waals surface area (Å²) >= 11 is 6.30. The van der Waals surface area contributed by atoms with Crippen LogP contribution < -0.4 is 19.5 Å². The predicted molar refractivity (Wildman–Crippen MR) is 141 cm³/mol. The van der Waals surface area contributed by atoms with E-state index < -0.39 is 6.61 Å². The highest BCUT2D eigenvalue weighted by molar-refractivity contribution is 6.32. The monoisotopic (exact) mass is 537 g/mol. The normalized spacial score (nSPS) is 11.1. The third-order valence-electron chi connectivity index (χ3n) is 5.93. The second kappa shape index (κ2) is 10.9. The van der Waals surface area contributed by atoms with Gasteiger partial charge in [-0.15, -0.1) is 0 Å². The van der Waals surface area contributed by atoms with E-state index in [4.69, 9.17) is 21.1 Å². The molecule has 0 saturated heterocycles. The van der Waals surface area contributed by atoms with E-state index in [9.17, 15) is 8.78 Å². The summed E-state index contributed by atoms with van der Waals surface area (Å²) < 4.78 is 42.8. The summed E-state index contributed by atoms with van der Waals surface area (Å²) in [6.45, 7) is -2.52. The number of aromatic nitrogens is 4. The number of rotatable bonds is 9. The Morgan fingerprint density at radius 2 is 1.89 bits per heavy atom. The van der Waals surface area contributed by atoms with Crippen molar-refractivity contribution in [1.82, 2.24) is 20.0 Å². The van der Waals surface area contributed by atoms with E-state index in [2.05, 4.69) is 25.3 Å². The molecule has 0 aliphatic rings. The molecular formula is C27H22ClF2N5O3. The first kappa shape index (κ1) is 25.2. The lowest BCUT2D eigenvalue weighted by Crippen LogP contribution is -2.05. The van der Waals surface area contributed by atoms with Crippen molar-refractivity contribution in [3.8, 4) is 34.1 Å². The SMILES string of the molecule is COc1ccc(CNc2cnnc3cc(-c4cc(Cl)c(OC(F)F)cc4-n4cccn4)ccc23)c(OC)c1. The predicted octanol–water partition coefficient (Wildman–Crippen LogP) is 6.37. The maximum Gasteiger partial charge on any atom is 0.387 e. The molecule has 3 aromatic carbocycles. The van der Waals surface area contributed by atoms with Crippen LogP contribution in [-0.2, 0) is 6.54 Å². The highest BCUT2D eigenvalue weighted by Crippen LogP contribution is 2.38. The van der Waals surface area contributed by atoms with Crippen LogP contribution in [0.5, 0.6) is 17.2 Å². The molecule has 2 aromatic heterocycles. The van der Waals surface area contributed by atoms with Gasteiger partial charge in [0.15, 0.2) is 0 Å². The van der Waals surface area contributed by atoms with Gasteiger partial charge in [0, 0.05) is 47.6 Å². The molecule has 0 atom stereocenters. The van der Waals surface area contributed by atoms with E-state index in [-0.39, 0.29) is 10.8 Å². The number of alkyl halides is 2. The van der Waals surface area contributed by atoms with Crippen LogP contribution in [0, 0.1) is 0 Å². The van der Waals surface area contributed by atoms with Crippen LogP contribution in [0.3, 0.4) is 0 Å². The number of hydrogen-bond acceptors (Lipinski definition) is 7. The molecule has 5 aromatic rings. The number of benzene rings is 3. The Hall–Kier alpha value is -4.44. The van der Waals surface area contributed by atoms with Crippen molar-refractivity contribution in [2.45, 2.75) is 13.2 Å². The third kappa shape index (κ3) is 5.16. The summed E-state index contributed by atoms with van der Waals surface area (Å²) in [6.07, 6.45) is 4.95. The number of methoxy groups -OCH3 is 2. The number of ether oxygens (including phenoxy) is 3. The molecule has 1 N–H and O–H groups in total. The summed E-state index contributed by atoms with van der Waals surface area (Å²) in [5.74, 6) is 1.27. The van der Waals surface area contributed by atoms with Crippen LogP contribution in [0.2, 0.25) is 5.02 Å². The van der Waals surface area contributed by atoms with Crippen molar-refractivity contribution >= 4 is 28.2 Å². The molecule has 194 valence electrons. The topological polar surface area (TPSA) is 83.3 Å². The molecule has 0 saturated carbocycles. The van der Waals surface area contributed by atoms with Crippen molar-refractivity contribution < 1.29 is 23.0 Å². The maximum atomic E-state index is 12.9. The van der Waals surface area contributed by atoms with Gasteiger partial charge in [-0.1, -0.05) is 17.7 Å². The van der Waals surface area contributed by atoms with Gasteiger partial charge < -0.3 is 19.5 Å². The Morgan fingerprint density at radius 3 is 2.63 bits per heavy atom. The Kier molecular flexibility index (Phi) is 7.23. The van der Waals surface area contributed by atoms with Crippen molar-refractivity contribution in [3.05, 3.63) is 83.8 Å². The number of anilines is 1. The van der Waals surface area contributed by atoms with Gasteiger partial charge >= 0.3 is 6.61 Å². The first-order chi connectivity index (χ1) is 18.5. The van der Waals surface area contributed by atoms with Crippen molar-refractivity contribution in [2.75, 3.05) is 19.5 Å². The Bertz CT molecular complexity index is 1580. The molecular weight excluding hydrogens is 516 g/mol. The van der Waals surface area contributed by atoms with E-state index in [1.54, 1.807) is 49.6 Å². The highest BCUT2D eigenvalue weighted by Gasteiger charge is 2.17. The number of nitrogens with one attached hydrogen (secondary N) is 1. The van der Waals surface area contributed by atoms with Gasteiger partial charge in [0.25, 0.3) is 0 Å². The van der Waals surface area contributed by atoms with E-state index in [1.807, 2.05) is 36.4 Å². The first-order valence-corrected chi connectivity index (χ1v) is 11.8. The van der Waals surface area contributed by atoms with Crippen LogP contribution in [0.4, 0.5) is 14.5 Å². The molecule has 0 bridgehead atoms. The van der Waals surface area contributed by atoms with E-state index in [0.29, 0.717) is 34.8 Å². The summed E-state index contributed by atoms with van der Waals surface area (Å²) in [7, 11) is 3.21. The van der Waals surface area contributed by atoms with Crippen molar-refractivity contribution in [1.29, 1.82) is 0 Å². The minimum Gasteiger partial charge on any atom is -0.497 e. The van der Waals surface area contributed by atoms with Gasteiger partial charge in [-0.3, -0.25) is 0 Å². The Morgan fingerprint density at radius 1 is 1.03 bits per heavy atom. The second-order valence-corrected chi connectivity index (χ2v) is 8.56. The van der Waals surface area contributed by atoms with Crippen LogP contribution in [0.1, 0.15) is 5.56 Å². The van der Waals surface area contributed by atoms with Gasteiger partial charge in [-0.2, -0.15) is 24.1 Å². The molecule has 0 amide bonds. The quantitative estimate of drug-likeness (QED) is 0.234. The van der Waals surface area contributed by atoms with Gasteiger partial charge in [0.1, 0.15) is 17.2 Å². The van der Waals surface area contributed by atoms with Crippen LogP contribution >= 0.6 is 11.6 Å². The molecule has 0 radical (unpaired) electrons. The minimum absolute atomic E-state index is 0.0474. The molecule has 0 spiro atoms. The van der Waals surface area contributed by atoms with Gasteiger partial charge in [-0.05, 0) is 42.0 Å². The van der Waals surface area contributed by atoms with Gasteiger partial charge in [0.05, 0.1) is 42.3 Å². The van der Waals surface area contributed by atoms with Gasteiger partial charge in [0.2, 0.25) is 0 Å². The lowest BCUT2D eigenvalue weighted by molar-refractivity contribution is -0.0497. The molecule has 0 aliphatic heterocycles. The smallest absolute Gasteiger partial charge is 0.387 e. The molecule has 38 heavy (non-hydrogen) atoms. The first-order valence-electron chi connectivity index (χ1n) is 11.5. The van der Waals surface area contributed by atoms with Crippen LogP contribution in [0.15, 0.2) is 73.2 Å². The summed E-state index contributed by atoms with van der Waals surface area (Å²) in [4.78, 5) is 0. The summed E-state index contributed by atoms with van der Waals surface area (Å²) in [5, 5.41) is 17.0. The minimum atomic E-state index is -3.01. The fourth-order valence-electron chi connectivity index (χ4n) is 4.12. The molecule has 11 heteroatoms. The van der Waals surface area contributed by atoms with Crippen LogP contribution in [0.25, 0.3) is 27.7 Å². The van der Waals surface area contributed by atoms with E-state index in [1.165, 1.54) is 6.07 Å². The number of hydrogen-bond donors (Lipinski definition) is 1. The highest BCUT2D eigenvalue weighted by atomic mass is 35.5. The fourth-order valence-corrected chi connectivity index (χ4v) is 4.33. The molecule has 0 unspecified atom stereocenters. The maximum absolute atomic E-state index is 12.9. The zero-order valence-electron chi connectivity index (χ0n) is 20.4. The molecule has 5 rings (SSSR count). The zero-order chi connectivity index (χ0) is 26.6. The Labute approximate surface area is 221 Å². The summed E-state index contributed by atoms with van der Waals surface area (Å²) in [6, 6.07) is 16.0. The average molecular weight is 538 g/mol. The van der Waals surface area contributed by atoms with Crippen molar-refractivity contribution in [3.63, 3.8) is 0 Å². The molecule has 8 nitrogen and oxygen atoms in total. The molecule has 0 aliphatic carbocycles.